The molecule has 8 nitrogen and oxygen atoms in total. The zero-order chi connectivity index (χ0) is 12.7. The molecule has 1 aliphatic rings. The van der Waals surface area contributed by atoms with Crippen molar-refractivity contribution in [1.29, 1.82) is 0 Å². The van der Waals surface area contributed by atoms with Gasteiger partial charge in [-0.2, -0.15) is 0 Å². The summed E-state index contributed by atoms with van der Waals surface area (Å²) in [5, 5.41) is 35.1. The van der Waals surface area contributed by atoms with Gasteiger partial charge in [0.05, 0.1) is 0 Å². The Morgan fingerprint density at radius 1 is 0.647 bits per heavy atom. The summed E-state index contributed by atoms with van der Waals surface area (Å²) in [7, 11) is 0. The SMILES string of the molecule is Cl.O=C(O)C1(C(=O)O)CCC1(C(=O)O)C(=O)O. The molecule has 0 spiro atoms. The summed E-state index contributed by atoms with van der Waals surface area (Å²) >= 11 is 0. The number of carboxylic acid groups (broad SMARTS) is 4. The fourth-order valence-electron chi connectivity index (χ4n) is 1.97. The minimum Gasteiger partial charge on any atom is -0.480 e. The van der Waals surface area contributed by atoms with E-state index in [9.17, 15) is 19.2 Å². The van der Waals surface area contributed by atoms with Gasteiger partial charge in [-0.15, -0.1) is 12.4 Å². The summed E-state index contributed by atoms with van der Waals surface area (Å²) in [4.78, 5) is 43.4. The maximum absolute atomic E-state index is 10.9. The van der Waals surface area contributed by atoms with Gasteiger partial charge in [0.15, 0.2) is 10.8 Å². The molecule has 0 aromatic carbocycles. The van der Waals surface area contributed by atoms with E-state index in [1.807, 2.05) is 0 Å². The van der Waals surface area contributed by atoms with Gasteiger partial charge in [0.2, 0.25) is 0 Å². The Bertz CT molecular complexity index is 334. The second kappa shape index (κ2) is 4.21. The van der Waals surface area contributed by atoms with Crippen LogP contribution in [0.4, 0.5) is 0 Å². The normalized spacial score (nSPS) is 19.3. The molecule has 1 rings (SSSR count). The van der Waals surface area contributed by atoms with Crippen molar-refractivity contribution < 1.29 is 39.6 Å². The number of carbonyl (C=O) groups is 4. The monoisotopic (exact) mass is 268 g/mol. The van der Waals surface area contributed by atoms with Crippen molar-refractivity contribution >= 4 is 36.3 Å². The molecule has 0 aliphatic heterocycles. The van der Waals surface area contributed by atoms with Gasteiger partial charge in [0, 0.05) is 0 Å². The standard InChI is InChI=1S/C8H8O8.ClH/c9-3(10)7(4(11)12)1-2-8(7,5(13)14)6(15)16;/h1-2H2,(H,9,10)(H,11,12)(H,13,14)(H,15,16);1H. The lowest BCUT2D eigenvalue weighted by molar-refractivity contribution is -0.211. The Labute approximate surface area is 100 Å². The Morgan fingerprint density at radius 2 is 0.824 bits per heavy atom. The van der Waals surface area contributed by atoms with Crippen LogP contribution in [0.25, 0.3) is 0 Å². The van der Waals surface area contributed by atoms with Crippen molar-refractivity contribution in [2.45, 2.75) is 12.8 Å². The Balaban J connectivity index is 0.00000256. The molecule has 17 heavy (non-hydrogen) atoms. The van der Waals surface area contributed by atoms with Gasteiger partial charge in [0.1, 0.15) is 0 Å². The van der Waals surface area contributed by atoms with Crippen LogP contribution in [-0.2, 0) is 19.2 Å². The van der Waals surface area contributed by atoms with Gasteiger partial charge in [-0.3, -0.25) is 19.2 Å². The number of hydrogen-bond donors (Lipinski definition) is 4. The van der Waals surface area contributed by atoms with Crippen LogP contribution in [0.5, 0.6) is 0 Å². The molecule has 0 atom stereocenters. The van der Waals surface area contributed by atoms with Crippen LogP contribution in [0.3, 0.4) is 0 Å². The highest BCUT2D eigenvalue weighted by atomic mass is 35.5. The van der Waals surface area contributed by atoms with Crippen molar-refractivity contribution in [3.63, 3.8) is 0 Å². The van der Waals surface area contributed by atoms with Gasteiger partial charge < -0.3 is 20.4 Å². The van der Waals surface area contributed by atoms with Crippen molar-refractivity contribution in [3.8, 4) is 0 Å². The summed E-state index contributed by atoms with van der Waals surface area (Å²) in [6.45, 7) is 0. The third kappa shape index (κ3) is 1.44. The quantitative estimate of drug-likeness (QED) is 0.499. The molecule has 0 unspecified atom stereocenters. The third-order valence-electron chi connectivity index (χ3n) is 3.06. The third-order valence-corrected chi connectivity index (χ3v) is 3.06. The van der Waals surface area contributed by atoms with Gasteiger partial charge in [-0.1, -0.05) is 0 Å². The highest BCUT2D eigenvalue weighted by molar-refractivity contribution is 6.14. The predicted octanol–water partition coefficient (Wildman–Crippen LogP) is -0.487. The molecule has 1 saturated carbocycles. The lowest BCUT2D eigenvalue weighted by atomic mass is 9.49. The van der Waals surface area contributed by atoms with E-state index in [1.165, 1.54) is 0 Å². The maximum atomic E-state index is 10.9. The molecule has 9 heteroatoms. The van der Waals surface area contributed by atoms with E-state index in [2.05, 4.69) is 0 Å². The number of hydrogen-bond acceptors (Lipinski definition) is 4. The highest BCUT2D eigenvalue weighted by Gasteiger charge is 2.77. The van der Waals surface area contributed by atoms with Crippen LogP contribution in [0, 0.1) is 10.8 Å². The molecule has 1 fully saturated rings. The van der Waals surface area contributed by atoms with Crippen LogP contribution in [0.15, 0.2) is 0 Å². The largest absolute Gasteiger partial charge is 0.480 e. The number of halogens is 1. The van der Waals surface area contributed by atoms with Crippen molar-refractivity contribution in [3.05, 3.63) is 0 Å². The van der Waals surface area contributed by atoms with Crippen LogP contribution < -0.4 is 0 Å². The second-order valence-corrected chi connectivity index (χ2v) is 3.53. The molecule has 0 bridgehead atoms. The molecule has 0 aromatic heterocycles. The van der Waals surface area contributed by atoms with E-state index < -0.39 is 47.5 Å². The molecule has 0 heterocycles. The smallest absolute Gasteiger partial charge is 0.322 e. The number of rotatable bonds is 4. The first-order valence-corrected chi connectivity index (χ1v) is 4.17. The molecule has 0 radical (unpaired) electrons. The van der Waals surface area contributed by atoms with E-state index in [0.29, 0.717) is 0 Å². The average Bonchev–Trinajstić information content (AvgIpc) is 1.98. The van der Waals surface area contributed by atoms with E-state index >= 15 is 0 Å². The van der Waals surface area contributed by atoms with Crippen LogP contribution in [0.1, 0.15) is 12.8 Å². The number of carboxylic acids is 4. The lowest BCUT2D eigenvalue weighted by Gasteiger charge is -2.47. The summed E-state index contributed by atoms with van der Waals surface area (Å²) < 4.78 is 0. The fourth-order valence-corrected chi connectivity index (χ4v) is 1.97. The zero-order valence-corrected chi connectivity index (χ0v) is 9.06. The molecule has 1 aliphatic carbocycles. The average molecular weight is 269 g/mol. The van der Waals surface area contributed by atoms with Crippen molar-refractivity contribution in [1.82, 2.24) is 0 Å². The van der Waals surface area contributed by atoms with Gasteiger partial charge in [-0.05, 0) is 12.8 Å². The molecular formula is C8H9ClO8. The van der Waals surface area contributed by atoms with E-state index in [0.717, 1.165) is 0 Å². The first-order valence-electron chi connectivity index (χ1n) is 4.17. The highest BCUT2D eigenvalue weighted by Crippen LogP contribution is 2.57. The maximum Gasteiger partial charge on any atom is 0.322 e. The Morgan fingerprint density at radius 3 is 0.882 bits per heavy atom. The Hall–Kier alpha value is -1.83. The van der Waals surface area contributed by atoms with E-state index in [1.54, 1.807) is 0 Å². The minimum atomic E-state index is -2.79. The van der Waals surface area contributed by atoms with Crippen molar-refractivity contribution in [2.75, 3.05) is 0 Å². The van der Waals surface area contributed by atoms with Crippen LogP contribution in [-0.4, -0.2) is 44.3 Å². The molecular weight excluding hydrogens is 260 g/mol. The Kier molecular flexibility index (Phi) is 3.75. The fraction of sp³-hybridized carbons (Fsp3) is 0.500. The molecule has 0 aromatic rings. The molecule has 0 saturated heterocycles. The van der Waals surface area contributed by atoms with E-state index in [-0.39, 0.29) is 12.4 Å². The summed E-state index contributed by atoms with van der Waals surface area (Å²) in [5.74, 6) is -7.79. The van der Waals surface area contributed by atoms with Crippen molar-refractivity contribution in [2.24, 2.45) is 10.8 Å². The topological polar surface area (TPSA) is 149 Å². The van der Waals surface area contributed by atoms with Gasteiger partial charge >= 0.3 is 23.9 Å². The van der Waals surface area contributed by atoms with E-state index in [4.69, 9.17) is 20.4 Å². The number of aliphatic carboxylic acids is 4. The predicted molar refractivity (Wildman–Crippen MR) is 51.9 cm³/mol. The first-order chi connectivity index (χ1) is 7.23. The van der Waals surface area contributed by atoms with Gasteiger partial charge in [-0.25, -0.2) is 0 Å². The zero-order valence-electron chi connectivity index (χ0n) is 8.24. The van der Waals surface area contributed by atoms with Gasteiger partial charge in [0.25, 0.3) is 0 Å². The first kappa shape index (κ1) is 15.2. The summed E-state index contributed by atoms with van der Waals surface area (Å²) in [6.07, 6.45) is -1.04. The molecule has 4 N–H and O–H groups in total. The second-order valence-electron chi connectivity index (χ2n) is 3.53. The lowest BCUT2D eigenvalue weighted by Crippen LogP contribution is -2.67. The molecule has 0 amide bonds. The minimum absolute atomic E-state index is 0. The summed E-state index contributed by atoms with van der Waals surface area (Å²) in [5.41, 5.74) is -5.57. The molecule has 96 valence electrons. The summed E-state index contributed by atoms with van der Waals surface area (Å²) in [6, 6.07) is 0. The van der Waals surface area contributed by atoms with Crippen LogP contribution in [0.2, 0.25) is 0 Å². The van der Waals surface area contributed by atoms with Crippen LogP contribution >= 0.6 is 12.4 Å².